The number of amides is 1. The lowest BCUT2D eigenvalue weighted by Gasteiger charge is -2.37. The van der Waals surface area contributed by atoms with Gasteiger partial charge in [-0.1, -0.05) is 6.92 Å². The lowest BCUT2D eigenvalue weighted by Crippen LogP contribution is -2.45. The first-order valence-electron chi connectivity index (χ1n) is 6.91. The molecule has 1 aromatic heterocycles. The number of rotatable bonds is 3. The van der Waals surface area contributed by atoms with Crippen LogP contribution >= 0.6 is 0 Å². The van der Waals surface area contributed by atoms with Gasteiger partial charge in [0.1, 0.15) is 12.1 Å². The predicted molar refractivity (Wildman–Crippen MR) is 75.1 cm³/mol. The molecule has 2 heterocycles. The molecule has 0 radical (unpaired) electrons. The maximum absolute atomic E-state index is 11.4. The normalized spacial score (nSPS) is 16.5. The molecule has 0 aromatic carbocycles. The van der Waals surface area contributed by atoms with Gasteiger partial charge >= 0.3 is 0 Å². The van der Waals surface area contributed by atoms with Crippen LogP contribution in [0.3, 0.4) is 0 Å². The molecule has 0 unspecified atom stereocenters. The van der Waals surface area contributed by atoms with Crippen molar-refractivity contribution < 1.29 is 4.79 Å². The number of nitrogens with zero attached hydrogens (tertiary/aromatic N) is 4. The molecule has 19 heavy (non-hydrogen) atoms. The van der Waals surface area contributed by atoms with E-state index in [1.807, 2.05) is 11.9 Å². The molecule has 0 aliphatic carbocycles. The second-order valence-electron chi connectivity index (χ2n) is 5.07. The monoisotopic (exact) mass is 262 g/mol. The van der Waals surface area contributed by atoms with Crippen molar-refractivity contribution >= 4 is 11.7 Å². The van der Waals surface area contributed by atoms with Gasteiger partial charge in [-0.25, -0.2) is 9.97 Å². The highest BCUT2D eigenvalue weighted by Gasteiger charge is 2.24. The first kappa shape index (κ1) is 13.8. The molecule has 0 atom stereocenters. The zero-order valence-electron chi connectivity index (χ0n) is 12.0. The summed E-state index contributed by atoms with van der Waals surface area (Å²) in [5, 5.41) is 0. The average molecular weight is 262 g/mol. The molecule has 0 bridgehead atoms. The Balaban J connectivity index is 1.97. The molecule has 1 fully saturated rings. The Morgan fingerprint density at radius 1 is 1.42 bits per heavy atom. The Labute approximate surface area is 114 Å². The van der Waals surface area contributed by atoms with E-state index in [-0.39, 0.29) is 5.91 Å². The summed E-state index contributed by atoms with van der Waals surface area (Å²) in [6.07, 6.45) is 4.57. The summed E-state index contributed by atoms with van der Waals surface area (Å²) in [5.41, 5.74) is 1.08. The summed E-state index contributed by atoms with van der Waals surface area (Å²) in [4.78, 5) is 24.1. The fraction of sp³-hybridized carbons (Fsp3) is 0.643. The van der Waals surface area contributed by atoms with Crippen molar-refractivity contribution in [3.8, 4) is 0 Å². The van der Waals surface area contributed by atoms with Crippen molar-refractivity contribution in [1.29, 1.82) is 0 Å². The highest BCUT2D eigenvalue weighted by molar-refractivity contribution is 5.73. The molecule has 1 saturated heterocycles. The minimum atomic E-state index is 0.147. The summed E-state index contributed by atoms with van der Waals surface area (Å²) >= 11 is 0. The maximum Gasteiger partial charge on any atom is 0.219 e. The van der Waals surface area contributed by atoms with Gasteiger partial charge in [-0.05, 0) is 19.3 Å². The minimum absolute atomic E-state index is 0.147. The number of aryl methyl sites for hydroxylation is 1. The molecule has 1 aliphatic heterocycles. The number of carbonyl (C=O) groups excluding carboxylic acids is 1. The van der Waals surface area contributed by atoms with Gasteiger partial charge in [0.15, 0.2) is 0 Å². The number of hydrogen-bond donors (Lipinski definition) is 0. The van der Waals surface area contributed by atoms with Crippen molar-refractivity contribution in [1.82, 2.24) is 14.9 Å². The maximum atomic E-state index is 11.4. The third-order valence-electron chi connectivity index (χ3n) is 3.90. The molecule has 5 heteroatoms. The fourth-order valence-electron chi connectivity index (χ4n) is 2.49. The zero-order chi connectivity index (χ0) is 13.8. The van der Waals surface area contributed by atoms with Crippen LogP contribution in [-0.4, -0.2) is 47.0 Å². The quantitative estimate of drug-likeness (QED) is 0.828. The standard InChI is InChI=1S/C14H22N4O/c1-4-12-9-14(16-10-15-12)18-7-5-13(6-8-18)17(3)11(2)19/h9-10,13H,4-8H2,1-3H3. The van der Waals surface area contributed by atoms with Gasteiger partial charge in [-0.3, -0.25) is 4.79 Å². The SMILES string of the molecule is CCc1cc(N2CCC(N(C)C(C)=O)CC2)ncn1. The van der Waals surface area contributed by atoms with E-state index < -0.39 is 0 Å². The zero-order valence-corrected chi connectivity index (χ0v) is 12.0. The van der Waals surface area contributed by atoms with Crippen LogP contribution in [0.2, 0.25) is 0 Å². The number of aromatic nitrogens is 2. The molecule has 0 spiro atoms. The minimum Gasteiger partial charge on any atom is -0.356 e. The van der Waals surface area contributed by atoms with E-state index in [0.717, 1.165) is 43.9 Å². The Hall–Kier alpha value is -1.65. The van der Waals surface area contributed by atoms with Crippen LogP contribution in [0.25, 0.3) is 0 Å². The second kappa shape index (κ2) is 5.99. The van der Waals surface area contributed by atoms with Crippen LogP contribution in [-0.2, 0) is 11.2 Å². The molecule has 1 aliphatic rings. The Morgan fingerprint density at radius 2 is 2.11 bits per heavy atom. The fourth-order valence-corrected chi connectivity index (χ4v) is 2.49. The third-order valence-corrected chi connectivity index (χ3v) is 3.90. The molecule has 1 aromatic rings. The Kier molecular flexibility index (Phi) is 4.35. The van der Waals surface area contributed by atoms with Crippen molar-refractivity contribution in [2.75, 3.05) is 25.0 Å². The summed E-state index contributed by atoms with van der Waals surface area (Å²) in [5.74, 6) is 1.16. The van der Waals surface area contributed by atoms with Crippen LogP contribution in [0.4, 0.5) is 5.82 Å². The third kappa shape index (κ3) is 3.22. The van der Waals surface area contributed by atoms with E-state index in [1.165, 1.54) is 0 Å². The van der Waals surface area contributed by atoms with Crippen LogP contribution < -0.4 is 4.90 Å². The van der Waals surface area contributed by atoms with Crippen molar-refractivity contribution in [3.05, 3.63) is 18.1 Å². The molecule has 0 saturated carbocycles. The Morgan fingerprint density at radius 3 is 2.68 bits per heavy atom. The largest absolute Gasteiger partial charge is 0.356 e. The van der Waals surface area contributed by atoms with Gasteiger partial charge in [0, 0.05) is 44.9 Å². The molecule has 5 nitrogen and oxygen atoms in total. The van der Waals surface area contributed by atoms with Crippen LogP contribution in [0.15, 0.2) is 12.4 Å². The molecular weight excluding hydrogens is 240 g/mol. The van der Waals surface area contributed by atoms with Gasteiger partial charge in [-0.15, -0.1) is 0 Å². The number of hydrogen-bond acceptors (Lipinski definition) is 4. The van der Waals surface area contributed by atoms with E-state index in [2.05, 4.69) is 27.9 Å². The molecular formula is C14H22N4O. The van der Waals surface area contributed by atoms with E-state index in [0.29, 0.717) is 6.04 Å². The summed E-state index contributed by atoms with van der Waals surface area (Å²) in [6.45, 7) is 5.62. The van der Waals surface area contributed by atoms with Gasteiger partial charge in [0.05, 0.1) is 0 Å². The van der Waals surface area contributed by atoms with Gasteiger partial charge in [0.2, 0.25) is 5.91 Å². The Bertz CT molecular complexity index is 441. The van der Waals surface area contributed by atoms with Crippen LogP contribution in [0, 0.1) is 0 Å². The topological polar surface area (TPSA) is 49.3 Å². The van der Waals surface area contributed by atoms with Crippen molar-refractivity contribution in [2.45, 2.75) is 39.2 Å². The van der Waals surface area contributed by atoms with Crippen molar-refractivity contribution in [3.63, 3.8) is 0 Å². The molecule has 1 amide bonds. The van der Waals surface area contributed by atoms with E-state index in [4.69, 9.17) is 0 Å². The van der Waals surface area contributed by atoms with Crippen molar-refractivity contribution in [2.24, 2.45) is 0 Å². The number of carbonyl (C=O) groups is 1. The molecule has 0 N–H and O–H groups in total. The van der Waals surface area contributed by atoms with Gasteiger partial charge in [0.25, 0.3) is 0 Å². The number of piperidine rings is 1. The summed E-state index contributed by atoms with van der Waals surface area (Å²) < 4.78 is 0. The van der Waals surface area contributed by atoms with E-state index >= 15 is 0 Å². The van der Waals surface area contributed by atoms with E-state index in [1.54, 1.807) is 13.3 Å². The highest BCUT2D eigenvalue weighted by Crippen LogP contribution is 2.20. The first-order chi connectivity index (χ1) is 9.11. The van der Waals surface area contributed by atoms with Gasteiger partial charge < -0.3 is 9.80 Å². The van der Waals surface area contributed by atoms with Crippen LogP contribution in [0.5, 0.6) is 0 Å². The van der Waals surface area contributed by atoms with Crippen LogP contribution in [0.1, 0.15) is 32.4 Å². The molecule has 2 rings (SSSR count). The predicted octanol–water partition coefficient (Wildman–Crippen LogP) is 1.49. The van der Waals surface area contributed by atoms with Gasteiger partial charge in [-0.2, -0.15) is 0 Å². The van der Waals surface area contributed by atoms with E-state index in [9.17, 15) is 4.79 Å². The molecule has 104 valence electrons. The smallest absolute Gasteiger partial charge is 0.219 e. The summed E-state index contributed by atoms with van der Waals surface area (Å²) in [7, 11) is 1.89. The highest BCUT2D eigenvalue weighted by atomic mass is 16.2. The lowest BCUT2D eigenvalue weighted by molar-refractivity contribution is -0.129. The number of anilines is 1. The summed E-state index contributed by atoms with van der Waals surface area (Å²) in [6, 6.07) is 2.43. The lowest BCUT2D eigenvalue weighted by atomic mass is 10.0. The average Bonchev–Trinajstić information content (AvgIpc) is 2.46. The first-order valence-corrected chi connectivity index (χ1v) is 6.91. The second-order valence-corrected chi connectivity index (χ2v) is 5.07.